The smallest absolute Gasteiger partial charge is 0.410 e. The van der Waals surface area contributed by atoms with Gasteiger partial charge in [0.2, 0.25) is 0 Å². The quantitative estimate of drug-likeness (QED) is 0.742. The molecule has 0 unspecified atom stereocenters. The van der Waals surface area contributed by atoms with Crippen molar-refractivity contribution in [3.8, 4) is 5.69 Å². The minimum Gasteiger partial charge on any atom is -0.444 e. The number of benzene rings is 1. The number of rotatable bonds is 2. The van der Waals surface area contributed by atoms with Gasteiger partial charge in [0, 0.05) is 36.1 Å². The van der Waals surface area contributed by atoms with Crippen LogP contribution in [0.15, 0.2) is 36.4 Å². The van der Waals surface area contributed by atoms with Crippen molar-refractivity contribution in [2.75, 3.05) is 13.1 Å². The Bertz CT molecular complexity index is 749. The number of hydrogen-bond acceptors (Lipinski definition) is 2. The summed E-state index contributed by atoms with van der Waals surface area (Å²) in [7, 11) is 0. The molecule has 3 rings (SSSR count). The van der Waals surface area contributed by atoms with Crippen molar-refractivity contribution in [1.29, 1.82) is 0 Å². The molecule has 0 bridgehead atoms. The van der Waals surface area contributed by atoms with Gasteiger partial charge >= 0.3 is 6.09 Å². The van der Waals surface area contributed by atoms with E-state index in [0.717, 1.165) is 25.9 Å². The number of carbonyl (C=O) groups excluding carboxylic acids is 1. The molecular weight excluding hydrogens is 324 g/mol. The third-order valence-electron chi connectivity index (χ3n) is 4.97. The van der Waals surface area contributed by atoms with Crippen LogP contribution in [-0.2, 0) is 4.74 Å². The molecule has 0 saturated carbocycles. The van der Waals surface area contributed by atoms with Gasteiger partial charge in [-0.05, 0) is 77.3 Å². The highest BCUT2D eigenvalue weighted by Gasteiger charge is 2.28. The average molecular weight is 354 g/mol. The van der Waals surface area contributed by atoms with Crippen molar-refractivity contribution in [1.82, 2.24) is 9.47 Å². The molecule has 1 saturated heterocycles. The number of aromatic nitrogens is 1. The number of aryl methyl sites for hydroxylation is 2. The Morgan fingerprint density at radius 3 is 2.23 bits per heavy atom. The molecule has 1 aliphatic heterocycles. The maximum atomic E-state index is 12.4. The predicted octanol–water partition coefficient (Wildman–Crippen LogP) is 5.21. The van der Waals surface area contributed by atoms with Crippen LogP contribution in [0.1, 0.15) is 56.5 Å². The maximum absolute atomic E-state index is 12.4. The van der Waals surface area contributed by atoms with E-state index >= 15 is 0 Å². The minimum atomic E-state index is -0.446. The van der Waals surface area contributed by atoms with Gasteiger partial charge in [0.25, 0.3) is 0 Å². The summed E-state index contributed by atoms with van der Waals surface area (Å²) in [5, 5.41) is 0. The molecule has 0 N–H and O–H groups in total. The fourth-order valence-corrected chi connectivity index (χ4v) is 3.71. The Kier molecular flexibility index (Phi) is 5.12. The summed E-state index contributed by atoms with van der Waals surface area (Å²) in [6, 6.07) is 13.1. The summed E-state index contributed by atoms with van der Waals surface area (Å²) in [5.41, 5.74) is 4.52. The molecule has 140 valence electrons. The lowest BCUT2D eigenvalue weighted by Gasteiger charge is -2.34. The first-order valence-electron chi connectivity index (χ1n) is 9.48. The Morgan fingerprint density at radius 2 is 1.65 bits per heavy atom. The van der Waals surface area contributed by atoms with Gasteiger partial charge in [0.1, 0.15) is 5.60 Å². The lowest BCUT2D eigenvalue weighted by Crippen LogP contribution is -2.42. The van der Waals surface area contributed by atoms with Gasteiger partial charge in [-0.15, -0.1) is 0 Å². The Morgan fingerprint density at radius 1 is 1.04 bits per heavy atom. The number of piperidine rings is 1. The van der Waals surface area contributed by atoms with Crippen LogP contribution in [0.3, 0.4) is 0 Å². The number of amides is 1. The van der Waals surface area contributed by atoms with E-state index in [2.05, 4.69) is 54.8 Å². The molecule has 4 nitrogen and oxygen atoms in total. The second-order valence-electron chi connectivity index (χ2n) is 8.31. The van der Waals surface area contributed by atoms with Crippen molar-refractivity contribution < 1.29 is 9.53 Å². The van der Waals surface area contributed by atoms with E-state index in [1.165, 1.54) is 22.6 Å². The third-order valence-corrected chi connectivity index (χ3v) is 4.97. The summed E-state index contributed by atoms with van der Waals surface area (Å²) in [6.45, 7) is 11.5. The zero-order chi connectivity index (χ0) is 18.9. The lowest BCUT2D eigenvalue weighted by molar-refractivity contribution is 0.0198. The van der Waals surface area contributed by atoms with Gasteiger partial charge in [-0.2, -0.15) is 0 Å². The summed E-state index contributed by atoms with van der Waals surface area (Å²) < 4.78 is 7.80. The van der Waals surface area contributed by atoms with Crippen molar-refractivity contribution in [2.45, 2.75) is 59.0 Å². The second-order valence-corrected chi connectivity index (χ2v) is 8.31. The Balaban J connectivity index is 1.72. The standard InChI is InChI=1S/C22H30N2O2/c1-16-8-9-17(2)24(16)20-12-10-18(11-13-20)19-7-6-14-23(15-19)21(25)26-22(3,4)5/h8-13,19H,6-7,14-15H2,1-5H3/t19-/m1/s1. The predicted molar refractivity (Wildman–Crippen MR) is 105 cm³/mol. The average Bonchev–Trinajstić information content (AvgIpc) is 2.92. The SMILES string of the molecule is Cc1ccc(C)n1-c1ccc([C@@H]2CCCN(C(=O)OC(C)(C)C)C2)cc1. The molecule has 1 amide bonds. The molecule has 0 radical (unpaired) electrons. The Hall–Kier alpha value is -2.23. The zero-order valence-corrected chi connectivity index (χ0v) is 16.6. The van der Waals surface area contributed by atoms with E-state index in [1.54, 1.807) is 0 Å². The van der Waals surface area contributed by atoms with E-state index in [0.29, 0.717) is 5.92 Å². The van der Waals surface area contributed by atoms with Crippen LogP contribution in [0.5, 0.6) is 0 Å². The second kappa shape index (κ2) is 7.18. The van der Waals surface area contributed by atoms with Gasteiger partial charge in [0.05, 0.1) is 0 Å². The fraction of sp³-hybridized carbons (Fsp3) is 0.500. The maximum Gasteiger partial charge on any atom is 0.410 e. The van der Waals surface area contributed by atoms with Crippen molar-refractivity contribution >= 4 is 6.09 Å². The van der Waals surface area contributed by atoms with Crippen LogP contribution in [0.2, 0.25) is 0 Å². The lowest BCUT2D eigenvalue weighted by atomic mass is 9.90. The minimum absolute atomic E-state index is 0.197. The van der Waals surface area contributed by atoms with E-state index in [4.69, 9.17) is 4.74 Å². The number of hydrogen-bond donors (Lipinski definition) is 0. The van der Waals surface area contributed by atoms with Gasteiger partial charge in [-0.1, -0.05) is 12.1 Å². The van der Waals surface area contributed by atoms with E-state index in [9.17, 15) is 4.79 Å². The molecule has 1 atom stereocenters. The van der Waals surface area contributed by atoms with Gasteiger partial charge in [-0.25, -0.2) is 4.79 Å². The number of nitrogens with zero attached hydrogens (tertiary/aromatic N) is 2. The highest BCUT2D eigenvalue weighted by molar-refractivity contribution is 5.68. The molecule has 2 heterocycles. The molecule has 26 heavy (non-hydrogen) atoms. The first kappa shape index (κ1) is 18.6. The highest BCUT2D eigenvalue weighted by atomic mass is 16.6. The van der Waals surface area contributed by atoms with Crippen LogP contribution in [0.25, 0.3) is 5.69 Å². The molecule has 1 aliphatic rings. The fourth-order valence-electron chi connectivity index (χ4n) is 3.71. The molecule has 1 aromatic carbocycles. The van der Waals surface area contributed by atoms with Crippen molar-refractivity contribution in [3.05, 3.63) is 53.3 Å². The van der Waals surface area contributed by atoms with Crippen LogP contribution in [0.4, 0.5) is 4.79 Å². The third kappa shape index (κ3) is 4.12. The normalized spacial score (nSPS) is 18.0. The summed E-state index contributed by atoms with van der Waals surface area (Å²) in [6.07, 6.45) is 1.93. The molecule has 0 aliphatic carbocycles. The monoisotopic (exact) mass is 354 g/mol. The number of ether oxygens (including phenoxy) is 1. The Labute approximate surface area is 156 Å². The van der Waals surface area contributed by atoms with Crippen LogP contribution in [0, 0.1) is 13.8 Å². The zero-order valence-electron chi connectivity index (χ0n) is 16.6. The summed E-state index contributed by atoms with van der Waals surface area (Å²) >= 11 is 0. The molecule has 0 spiro atoms. The topological polar surface area (TPSA) is 34.5 Å². The van der Waals surface area contributed by atoms with E-state index in [-0.39, 0.29) is 6.09 Å². The van der Waals surface area contributed by atoms with Crippen LogP contribution in [-0.4, -0.2) is 34.3 Å². The molecule has 1 aromatic heterocycles. The molecule has 4 heteroatoms. The van der Waals surface area contributed by atoms with Crippen molar-refractivity contribution in [3.63, 3.8) is 0 Å². The summed E-state index contributed by atoms with van der Waals surface area (Å²) in [4.78, 5) is 14.2. The van der Waals surface area contributed by atoms with Gasteiger partial charge in [0.15, 0.2) is 0 Å². The van der Waals surface area contributed by atoms with E-state index in [1.807, 2.05) is 25.7 Å². The van der Waals surface area contributed by atoms with Crippen LogP contribution < -0.4 is 0 Å². The first-order valence-corrected chi connectivity index (χ1v) is 9.48. The van der Waals surface area contributed by atoms with Crippen LogP contribution >= 0.6 is 0 Å². The van der Waals surface area contributed by atoms with Gasteiger partial charge < -0.3 is 14.2 Å². The van der Waals surface area contributed by atoms with E-state index < -0.39 is 5.60 Å². The van der Waals surface area contributed by atoms with Crippen molar-refractivity contribution in [2.24, 2.45) is 0 Å². The number of likely N-dealkylation sites (tertiary alicyclic amines) is 1. The molecule has 2 aromatic rings. The number of carbonyl (C=O) groups is 1. The summed E-state index contributed by atoms with van der Waals surface area (Å²) in [5.74, 6) is 0.372. The highest BCUT2D eigenvalue weighted by Crippen LogP contribution is 2.29. The molecular formula is C22H30N2O2. The van der Waals surface area contributed by atoms with Gasteiger partial charge in [-0.3, -0.25) is 0 Å². The molecule has 1 fully saturated rings. The largest absolute Gasteiger partial charge is 0.444 e. The first-order chi connectivity index (χ1) is 12.2.